The van der Waals surface area contributed by atoms with Gasteiger partial charge in [-0.3, -0.25) is 5.32 Å². The number of aliphatic hydroxyl groups excluding tert-OH is 1. The van der Waals surface area contributed by atoms with Gasteiger partial charge in [0.25, 0.3) is 0 Å². The van der Waals surface area contributed by atoms with E-state index < -0.39 is 12.3 Å². The number of benzene rings is 1. The molecule has 0 radical (unpaired) electrons. The summed E-state index contributed by atoms with van der Waals surface area (Å²) >= 11 is 6.28. The zero-order valence-corrected chi connectivity index (χ0v) is 14.7. The number of nitrogens with one attached hydrogen (secondary N) is 2. The molecule has 23 heavy (non-hydrogen) atoms. The molecule has 6 nitrogen and oxygen atoms in total. The van der Waals surface area contributed by atoms with Crippen molar-refractivity contribution in [1.82, 2.24) is 10.6 Å². The molecular formula is C16H25ClN2O4. The lowest BCUT2D eigenvalue weighted by atomic mass is 9.97. The van der Waals surface area contributed by atoms with Gasteiger partial charge in [0.05, 0.1) is 7.11 Å². The van der Waals surface area contributed by atoms with E-state index in [1.165, 1.54) is 0 Å². The number of carbonyl (C=O) groups is 1. The first-order chi connectivity index (χ1) is 10.8. The minimum atomic E-state index is -1.07. The SMILES string of the molecule is COc1c(CCNC(=O)O)cc(Cl)c(C)c1CC(O)NC(C)C. The predicted octanol–water partition coefficient (Wildman–Crippen LogP) is 2.33. The fraction of sp³-hybridized carbons (Fsp3) is 0.562. The number of hydrogen-bond donors (Lipinski definition) is 4. The average Bonchev–Trinajstić information content (AvgIpc) is 2.43. The van der Waals surface area contributed by atoms with Crippen LogP contribution in [0.4, 0.5) is 4.79 Å². The second kappa shape index (κ2) is 8.96. The van der Waals surface area contributed by atoms with Gasteiger partial charge in [-0.1, -0.05) is 11.6 Å². The van der Waals surface area contributed by atoms with Crippen LogP contribution in [-0.2, 0) is 12.8 Å². The molecule has 0 saturated carbocycles. The van der Waals surface area contributed by atoms with Crippen LogP contribution in [0.25, 0.3) is 0 Å². The molecule has 1 rings (SSSR count). The van der Waals surface area contributed by atoms with Crippen molar-refractivity contribution in [3.63, 3.8) is 0 Å². The summed E-state index contributed by atoms with van der Waals surface area (Å²) in [7, 11) is 1.56. The van der Waals surface area contributed by atoms with Crippen molar-refractivity contribution in [2.24, 2.45) is 0 Å². The monoisotopic (exact) mass is 344 g/mol. The summed E-state index contributed by atoms with van der Waals surface area (Å²) in [6, 6.07) is 1.93. The maximum Gasteiger partial charge on any atom is 0.404 e. The Morgan fingerprint density at radius 3 is 2.61 bits per heavy atom. The molecule has 0 bridgehead atoms. The summed E-state index contributed by atoms with van der Waals surface area (Å²) < 4.78 is 5.50. The van der Waals surface area contributed by atoms with Crippen LogP contribution in [0.2, 0.25) is 5.02 Å². The average molecular weight is 345 g/mol. The summed E-state index contributed by atoms with van der Waals surface area (Å²) in [6.45, 7) is 6.04. The zero-order chi connectivity index (χ0) is 17.6. The number of halogens is 1. The molecule has 0 saturated heterocycles. The maximum atomic E-state index is 10.6. The predicted molar refractivity (Wildman–Crippen MR) is 90.5 cm³/mol. The van der Waals surface area contributed by atoms with E-state index in [2.05, 4.69) is 10.6 Å². The topological polar surface area (TPSA) is 90.8 Å². The van der Waals surface area contributed by atoms with E-state index in [1.54, 1.807) is 13.2 Å². The van der Waals surface area contributed by atoms with Crippen molar-refractivity contribution in [2.45, 2.75) is 45.9 Å². The van der Waals surface area contributed by atoms with Crippen LogP contribution in [0, 0.1) is 6.92 Å². The Kier molecular flexibility index (Phi) is 7.61. The first-order valence-electron chi connectivity index (χ1n) is 7.52. The van der Waals surface area contributed by atoms with Crippen molar-refractivity contribution in [2.75, 3.05) is 13.7 Å². The van der Waals surface area contributed by atoms with Crippen LogP contribution in [0.1, 0.15) is 30.5 Å². The molecule has 1 amide bonds. The molecule has 0 aliphatic heterocycles. The lowest BCUT2D eigenvalue weighted by molar-refractivity contribution is 0.126. The number of carboxylic acid groups (broad SMARTS) is 1. The maximum absolute atomic E-state index is 10.6. The van der Waals surface area contributed by atoms with E-state index in [0.717, 1.165) is 16.7 Å². The van der Waals surface area contributed by atoms with Crippen molar-refractivity contribution < 1.29 is 19.7 Å². The molecule has 0 aromatic heterocycles. The lowest BCUT2D eigenvalue weighted by Crippen LogP contribution is -2.36. The highest BCUT2D eigenvalue weighted by Crippen LogP contribution is 2.33. The van der Waals surface area contributed by atoms with E-state index in [-0.39, 0.29) is 12.6 Å². The normalized spacial score (nSPS) is 12.3. The molecule has 0 heterocycles. The minimum Gasteiger partial charge on any atom is -0.496 e. The van der Waals surface area contributed by atoms with Crippen LogP contribution < -0.4 is 15.4 Å². The van der Waals surface area contributed by atoms with Gasteiger partial charge < -0.3 is 20.3 Å². The van der Waals surface area contributed by atoms with Gasteiger partial charge in [0.2, 0.25) is 0 Å². The summed E-state index contributed by atoms with van der Waals surface area (Å²) in [5.74, 6) is 0.642. The summed E-state index contributed by atoms with van der Waals surface area (Å²) in [5.41, 5.74) is 2.48. The second-order valence-electron chi connectivity index (χ2n) is 5.68. The first-order valence-corrected chi connectivity index (χ1v) is 7.89. The standard InChI is InChI=1S/C16H25ClN2O4/c1-9(2)19-14(20)8-12-10(3)13(17)7-11(15(12)23-4)5-6-18-16(21)22/h7,9,14,18-20H,5-6,8H2,1-4H3,(H,21,22). The molecule has 1 aromatic rings. The smallest absolute Gasteiger partial charge is 0.404 e. The molecule has 4 N–H and O–H groups in total. The highest BCUT2D eigenvalue weighted by atomic mass is 35.5. The van der Waals surface area contributed by atoms with Gasteiger partial charge in [-0.15, -0.1) is 0 Å². The van der Waals surface area contributed by atoms with Gasteiger partial charge in [0.15, 0.2) is 0 Å². The quantitative estimate of drug-likeness (QED) is 0.543. The highest BCUT2D eigenvalue weighted by Gasteiger charge is 2.18. The Morgan fingerprint density at radius 2 is 2.09 bits per heavy atom. The number of rotatable bonds is 8. The Balaban J connectivity index is 3.06. The van der Waals surface area contributed by atoms with Gasteiger partial charge >= 0.3 is 6.09 Å². The van der Waals surface area contributed by atoms with Gasteiger partial charge in [-0.2, -0.15) is 0 Å². The van der Waals surface area contributed by atoms with Crippen LogP contribution in [0.15, 0.2) is 6.07 Å². The molecule has 0 aliphatic carbocycles. The summed E-state index contributed by atoms with van der Waals surface area (Å²) in [5, 5.41) is 24.7. The molecule has 0 fully saturated rings. The van der Waals surface area contributed by atoms with E-state index in [1.807, 2.05) is 20.8 Å². The van der Waals surface area contributed by atoms with Crippen molar-refractivity contribution in [3.8, 4) is 5.75 Å². The van der Waals surface area contributed by atoms with Crippen LogP contribution in [0.3, 0.4) is 0 Å². The number of methoxy groups -OCH3 is 1. The van der Waals surface area contributed by atoms with Gasteiger partial charge in [-0.25, -0.2) is 4.79 Å². The molecular weight excluding hydrogens is 320 g/mol. The minimum absolute atomic E-state index is 0.148. The molecule has 1 atom stereocenters. The van der Waals surface area contributed by atoms with Crippen LogP contribution in [0.5, 0.6) is 5.75 Å². The largest absolute Gasteiger partial charge is 0.496 e. The molecule has 0 spiro atoms. The third-order valence-electron chi connectivity index (χ3n) is 3.48. The van der Waals surface area contributed by atoms with Crippen molar-refractivity contribution in [1.29, 1.82) is 0 Å². The second-order valence-corrected chi connectivity index (χ2v) is 6.08. The fourth-order valence-electron chi connectivity index (χ4n) is 2.46. The lowest BCUT2D eigenvalue weighted by Gasteiger charge is -2.21. The van der Waals surface area contributed by atoms with Gasteiger partial charge in [-0.05, 0) is 44.4 Å². The van der Waals surface area contributed by atoms with E-state index in [0.29, 0.717) is 23.6 Å². The Bertz CT molecular complexity index is 549. The summed E-state index contributed by atoms with van der Waals surface area (Å²) in [4.78, 5) is 10.6. The molecule has 1 unspecified atom stereocenters. The third kappa shape index (κ3) is 5.89. The van der Waals surface area contributed by atoms with Crippen molar-refractivity contribution >= 4 is 17.7 Å². The fourth-order valence-corrected chi connectivity index (χ4v) is 2.71. The van der Waals surface area contributed by atoms with Crippen LogP contribution in [-0.4, -0.2) is 42.2 Å². The Morgan fingerprint density at radius 1 is 1.43 bits per heavy atom. The number of amides is 1. The Labute approximate surface area is 141 Å². The number of aliphatic hydroxyl groups is 1. The molecule has 0 aliphatic rings. The van der Waals surface area contributed by atoms with Gasteiger partial charge in [0.1, 0.15) is 12.0 Å². The number of ether oxygens (including phenoxy) is 1. The van der Waals surface area contributed by atoms with Gasteiger partial charge in [0, 0.05) is 29.6 Å². The molecule has 1 aromatic carbocycles. The Hall–Kier alpha value is -1.50. The van der Waals surface area contributed by atoms with E-state index in [4.69, 9.17) is 21.4 Å². The third-order valence-corrected chi connectivity index (χ3v) is 3.87. The first kappa shape index (κ1) is 19.5. The van der Waals surface area contributed by atoms with Crippen LogP contribution >= 0.6 is 11.6 Å². The number of hydrogen-bond acceptors (Lipinski definition) is 4. The van der Waals surface area contributed by atoms with E-state index >= 15 is 0 Å². The van der Waals surface area contributed by atoms with Crippen molar-refractivity contribution in [3.05, 3.63) is 27.8 Å². The molecule has 7 heteroatoms. The zero-order valence-electron chi connectivity index (χ0n) is 13.9. The van der Waals surface area contributed by atoms with E-state index in [9.17, 15) is 9.90 Å². The highest BCUT2D eigenvalue weighted by molar-refractivity contribution is 6.31. The summed E-state index contributed by atoms with van der Waals surface area (Å²) in [6.07, 6.45) is -0.978. The molecule has 130 valence electrons.